The fraction of sp³-hybridized carbons (Fsp3) is 0.333. The summed E-state index contributed by atoms with van der Waals surface area (Å²) in [4.78, 5) is 18.3. The Bertz CT molecular complexity index is 575. The summed E-state index contributed by atoms with van der Waals surface area (Å²) in [6.45, 7) is 4.15. The lowest BCUT2D eigenvalue weighted by Gasteiger charge is -2.26. The van der Waals surface area contributed by atoms with Crippen molar-refractivity contribution in [1.82, 2.24) is 9.97 Å². The fourth-order valence-corrected chi connectivity index (χ4v) is 1.93. The quantitative estimate of drug-likeness (QED) is 0.865. The normalized spacial score (nSPS) is 11.3. The van der Waals surface area contributed by atoms with Crippen molar-refractivity contribution in [3.05, 3.63) is 58.6 Å². The van der Waals surface area contributed by atoms with E-state index in [1.165, 1.54) is 11.8 Å². The molecule has 0 saturated heterocycles. The Morgan fingerprint density at radius 3 is 2.68 bits per heavy atom. The lowest BCUT2D eigenvalue weighted by molar-refractivity contribution is 0.515. The molecule has 1 aromatic carbocycles. The van der Waals surface area contributed by atoms with Crippen molar-refractivity contribution in [2.24, 2.45) is 0 Å². The number of benzene rings is 1. The standard InChI is InChI=1S/C15H19N3O/c1-15(2,9-8-12-6-4-3-5-7-12)18-13-14(19)17-11-10-16-13/h3-7,10-11H,8-9H2,1-2H3,(H,16,18)(H,17,19). The molecule has 19 heavy (non-hydrogen) atoms. The van der Waals surface area contributed by atoms with Crippen molar-refractivity contribution in [2.75, 3.05) is 5.32 Å². The van der Waals surface area contributed by atoms with Crippen LogP contribution in [0.3, 0.4) is 0 Å². The van der Waals surface area contributed by atoms with Crippen LogP contribution in [0.4, 0.5) is 5.82 Å². The summed E-state index contributed by atoms with van der Waals surface area (Å²) in [5.74, 6) is 0.376. The summed E-state index contributed by atoms with van der Waals surface area (Å²) in [6.07, 6.45) is 5.00. The van der Waals surface area contributed by atoms with Gasteiger partial charge in [0.25, 0.3) is 5.56 Å². The molecule has 4 nitrogen and oxygen atoms in total. The van der Waals surface area contributed by atoms with Gasteiger partial charge in [-0.25, -0.2) is 4.98 Å². The Hall–Kier alpha value is -2.10. The average molecular weight is 257 g/mol. The van der Waals surface area contributed by atoms with E-state index in [1.54, 1.807) is 6.20 Å². The molecular weight excluding hydrogens is 238 g/mol. The van der Waals surface area contributed by atoms with Crippen LogP contribution in [0.25, 0.3) is 0 Å². The summed E-state index contributed by atoms with van der Waals surface area (Å²) >= 11 is 0. The van der Waals surface area contributed by atoms with E-state index in [9.17, 15) is 4.79 Å². The van der Waals surface area contributed by atoms with Crippen molar-refractivity contribution in [3.8, 4) is 0 Å². The molecular formula is C15H19N3O. The number of H-pyrrole nitrogens is 1. The minimum Gasteiger partial charge on any atom is -0.361 e. The zero-order chi connectivity index (χ0) is 13.7. The summed E-state index contributed by atoms with van der Waals surface area (Å²) in [6, 6.07) is 10.3. The molecule has 1 heterocycles. The number of aromatic amines is 1. The number of rotatable bonds is 5. The average Bonchev–Trinajstić information content (AvgIpc) is 2.40. The van der Waals surface area contributed by atoms with Gasteiger partial charge in [-0.1, -0.05) is 30.3 Å². The molecule has 4 heteroatoms. The van der Waals surface area contributed by atoms with Gasteiger partial charge < -0.3 is 10.3 Å². The summed E-state index contributed by atoms with van der Waals surface area (Å²) in [5, 5.41) is 3.20. The Morgan fingerprint density at radius 1 is 1.26 bits per heavy atom. The van der Waals surface area contributed by atoms with Crippen LogP contribution in [-0.4, -0.2) is 15.5 Å². The van der Waals surface area contributed by atoms with Gasteiger partial charge in [0, 0.05) is 17.9 Å². The molecule has 0 saturated carbocycles. The van der Waals surface area contributed by atoms with Gasteiger partial charge in [0.1, 0.15) is 0 Å². The van der Waals surface area contributed by atoms with Crippen LogP contribution in [0, 0.1) is 0 Å². The molecule has 2 rings (SSSR count). The first-order valence-electron chi connectivity index (χ1n) is 6.43. The van der Waals surface area contributed by atoms with Crippen molar-refractivity contribution in [1.29, 1.82) is 0 Å². The first-order valence-corrected chi connectivity index (χ1v) is 6.43. The van der Waals surface area contributed by atoms with E-state index in [4.69, 9.17) is 0 Å². The number of nitrogens with one attached hydrogen (secondary N) is 2. The summed E-state index contributed by atoms with van der Waals surface area (Å²) in [7, 11) is 0. The number of anilines is 1. The molecule has 2 aromatic rings. The van der Waals surface area contributed by atoms with Gasteiger partial charge in [-0.2, -0.15) is 0 Å². The van der Waals surface area contributed by atoms with E-state index in [2.05, 4.69) is 41.3 Å². The highest BCUT2D eigenvalue weighted by Gasteiger charge is 2.19. The highest BCUT2D eigenvalue weighted by atomic mass is 16.1. The Labute approximate surface area is 112 Å². The Kier molecular flexibility index (Phi) is 4.00. The maximum absolute atomic E-state index is 11.6. The molecule has 0 aliphatic carbocycles. The van der Waals surface area contributed by atoms with Crippen molar-refractivity contribution in [3.63, 3.8) is 0 Å². The van der Waals surface area contributed by atoms with Gasteiger partial charge in [-0.05, 0) is 32.3 Å². The van der Waals surface area contributed by atoms with Crippen molar-refractivity contribution in [2.45, 2.75) is 32.2 Å². The van der Waals surface area contributed by atoms with E-state index in [1.807, 2.05) is 18.2 Å². The number of hydrogen-bond acceptors (Lipinski definition) is 3. The number of hydrogen-bond donors (Lipinski definition) is 2. The number of aromatic nitrogens is 2. The van der Waals surface area contributed by atoms with Crippen LogP contribution in [0.15, 0.2) is 47.5 Å². The van der Waals surface area contributed by atoms with Gasteiger partial charge >= 0.3 is 0 Å². The van der Waals surface area contributed by atoms with Gasteiger partial charge in [0.2, 0.25) is 0 Å². The highest BCUT2D eigenvalue weighted by Crippen LogP contribution is 2.17. The Balaban J connectivity index is 1.99. The van der Waals surface area contributed by atoms with E-state index in [0.717, 1.165) is 12.8 Å². The molecule has 0 fully saturated rings. The van der Waals surface area contributed by atoms with Gasteiger partial charge in [0.15, 0.2) is 5.82 Å². The topological polar surface area (TPSA) is 57.8 Å². The van der Waals surface area contributed by atoms with E-state index < -0.39 is 0 Å². The first-order chi connectivity index (χ1) is 9.07. The van der Waals surface area contributed by atoms with Crippen LogP contribution in [0.2, 0.25) is 0 Å². The molecule has 0 bridgehead atoms. The lowest BCUT2D eigenvalue weighted by Crippen LogP contribution is -2.34. The van der Waals surface area contributed by atoms with E-state index >= 15 is 0 Å². The zero-order valence-electron chi connectivity index (χ0n) is 11.3. The molecule has 1 aromatic heterocycles. The third kappa shape index (κ3) is 3.95. The van der Waals surface area contributed by atoms with Crippen molar-refractivity contribution < 1.29 is 0 Å². The molecule has 0 aliphatic heterocycles. The third-order valence-corrected chi connectivity index (χ3v) is 3.05. The lowest BCUT2D eigenvalue weighted by atomic mass is 9.95. The molecule has 0 aliphatic rings. The minimum atomic E-state index is -0.185. The van der Waals surface area contributed by atoms with Gasteiger partial charge in [0.05, 0.1) is 0 Å². The van der Waals surface area contributed by atoms with Crippen LogP contribution < -0.4 is 10.9 Å². The largest absolute Gasteiger partial charge is 0.361 e. The predicted molar refractivity (Wildman–Crippen MR) is 77.3 cm³/mol. The predicted octanol–water partition coefficient (Wildman–Crippen LogP) is 2.59. The van der Waals surface area contributed by atoms with Gasteiger partial charge in [-0.3, -0.25) is 4.79 Å². The van der Waals surface area contributed by atoms with Crippen LogP contribution in [-0.2, 0) is 6.42 Å². The molecule has 0 amide bonds. The SMILES string of the molecule is CC(C)(CCc1ccccc1)Nc1ncc[nH]c1=O. The second-order valence-corrected chi connectivity index (χ2v) is 5.26. The first kappa shape index (κ1) is 13.3. The number of aryl methyl sites for hydroxylation is 1. The van der Waals surface area contributed by atoms with Crippen LogP contribution >= 0.6 is 0 Å². The van der Waals surface area contributed by atoms with E-state index in [0.29, 0.717) is 5.82 Å². The molecule has 0 spiro atoms. The fourth-order valence-electron chi connectivity index (χ4n) is 1.93. The smallest absolute Gasteiger partial charge is 0.290 e. The molecule has 0 atom stereocenters. The monoisotopic (exact) mass is 257 g/mol. The zero-order valence-corrected chi connectivity index (χ0v) is 11.3. The Morgan fingerprint density at radius 2 is 2.00 bits per heavy atom. The number of nitrogens with zero attached hydrogens (tertiary/aromatic N) is 1. The van der Waals surface area contributed by atoms with Crippen LogP contribution in [0.1, 0.15) is 25.8 Å². The summed E-state index contributed by atoms with van der Waals surface area (Å²) < 4.78 is 0. The minimum absolute atomic E-state index is 0.183. The van der Waals surface area contributed by atoms with E-state index in [-0.39, 0.29) is 11.1 Å². The second kappa shape index (κ2) is 5.69. The summed E-state index contributed by atoms with van der Waals surface area (Å²) in [5.41, 5.74) is 0.930. The highest BCUT2D eigenvalue weighted by molar-refractivity contribution is 5.33. The van der Waals surface area contributed by atoms with Crippen LogP contribution in [0.5, 0.6) is 0 Å². The second-order valence-electron chi connectivity index (χ2n) is 5.26. The molecule has 0 unspecified atom stereocenters. The third-order valence-electron chi connectivity index (χ3n) is 3.05. The molecule has 2 N–H and O–H groups in total. The molecule has 0 radical (unpaired) electrons. The molecule has 100 valence electrons. The maximum Gasteiger partial charge on any atom is 0.290 e. The van der Waals surface area contributed by atoms with Gasteiger partial charge in [-0.15, -0.1) is 0 Å². The maximum atomic E-state index is 11.6. The van der Waals surface area contributed by atoms with Crippen molar-refractivity contribution >= 4 is 5.82 Å².